The summed E-state index contributed by atoms with van der Waals surface area (Å²) in [6, 6.07) is 10.0. The maximum absolute atomic E-state index is 11.9. The molecule has 1 aromatic carbocycles. The first kappa shape index (κ1) is 13.3. The molecule has 3 rings (SSSR count). The average Bonchev–Trinajstić information content (AvgIpc) is 3.35. The zero-order valence-corrected chi connectivity index (χ0v) is 11.7. The highest BCUT2D eigenvalue weighted by atomic mass is 16.5. The average molecular weight is 274 g/mol. The highest BCUT2D eigenvalue weighted by Gasteiger charge is 2.42. The summed E-state index contributed by atoms with van der Waals surface area (Å²) in [5.41, 5.74) is 0. The van der Waals surface area contributed by atoms with Crippen LogP contribution in [0.4, 0.5) is 4.79 Å². The minimum Gasteiger partial charge on any atom is -0.492 e. The predicted octanol–water partition coefficient (Wildman–Crippen LogP) is 2.55. The molecule has 4 nitrogen and oxygen atoms in total. The van der Waals surface area contributed by atoms with Crippen molar-refractivity contribution in [3.05, 3.63) is 30.3 Å². The van der Waals surface area contributed by atoms with Gasteiger partial charge in [-0.2, -0.15) is 0 Å². The molecular weight excluding hydrogens is 252 g/mol. The second-order valence-corrected chi connectivity index (χ2v) is 5.76. The second-order valence-electron chi connectivity index (χ2n) is 5.76. The smallest absolute Gasteiger partial charge is 0.315 e. The summed E-state index contributed by atoms with van der Waals surface area (Å²) < 4.78 is 5.54. The van der Waals surface area contributed by atoms with E-state index in [9.17, 15) is 4.79 Å². The molecule has 108 valence electrons. The van der Waals surface area contributed by atoms with Crippen LogP contribution >= 0.6 is 0 Å². The van der Waals surface area contributed by atoms with Crippen LogP contribution in [-0.4, -0.2) is 25.2 Å². The molecule has 2 aliphatic rings. The van der Waals surface area contributed by atoms with Gasteiger partial charge in [-0.1, -0.05) is 18.2 Å². The van der Waals surface area contributed by atoms with Crippen LogP contribution in [-0.2, 0) is 0 Å². The lowest BCUT2D eigenvalue weighted by atomic mass is 10.1. The summed E-state index contributed by atoms with van der Waals surface area (Å²) in [6.07, 6.45) is 5.11. The van der Waals surface area contributed by atoms with Gasteiger partial charge >= 0.3 is 6.03 Å². The Morgan fingerprint density at radius 1 is 1.15 bits per heavy atom. The molecule has 20 heavy (non-hydrogen) atoms. The first-order chi connectivity index (χ1) is 9.83. The Balaban J connectivity index is 1.32. The number of ether oxygens (including phenoxy) is 1. The van der Waals surface area contributed by atoms with Crippen LogP contribution < -0.4 is 15.4 Å². The van der Waals surface area contributed by atoms with Crippen LogP contribution in [0, 0.1) is 11.8 Å². The number of carbonyl (C=O) groups excluding carboxylic acids is 1. The molecule has 2 fully saturated rings. The molecule has 0 radical (unpaired) electrons. The number of benzene rings is 1. The molecule has 2 N–H and O–H groups in total. The fourth-order valence-corrected chi connectivity index (χ4v) is 2.58. The fraction of sp³-hybridized carbons (Fsp3) is 0.562. The van der Waals surface area contributed by atoms with Crippen molar-refractivity contribution in [2.24, 2.45) is 11.8 Å². The zero-order valence-electron chi connectivity index (χ0n) is 11.7. The Hall–Kier alpha value is -1.71. The number of hydrogen-bond donors (Lipinski definition) is 2. The van der Waals surface area contributed by atoms with Gasteiger partial charge in [-0.05, 0) is 49.7 Å². The van der Waals surface area contributed by atoms with Crippen molar-refractivity contribution in [2.45, 2.75) is 31.7 Å². The second kappa shape index (κ2) is 6.16. The molecule has 0 aliphatic heterocycles. The normalized spacial score (nSPS) is 17.9. The maximum Gasteiger partial charge on any atom is 0.315 e. The quantitative estimate of drug-likeness (QED) is 0.751. The topological polar surface area (TPSA) is 50.4 Å². The van der Waals surface area contributed by atoms with Crippen LogP contribution in [0.2, 0.25) is 0 Å². The van der Waals surface area contributed by atoms with Gasteiger partial charge in [-0.15, -0.1) is 0 Å². The van der Waals surface area contributed by atoms with Crippen molar-refractivity contribution in [2.75, 3.05) is 13.2 Å². The largest absolute Gasteiger partial charge is 0.492 e. The number of rotatable bonds is 7. The van der Waals surface area contributed by atoms with Crippen molar-refractivity contribution < 1.29 is 9.53 Å². The van der Waals surface area contributed by atoms with E-state index in [4.69, 9.17) is 4.74 Å². The van der Waals surface area contributed by atoms with E-state index in [0.29, 0.717) is 19.2 Å². The van der Waals surface area contributed by atoms with Crippen molar-refractivity contribution in [1.82, 2.24) is 10.6 Å². The summed E-state index contributed by atoms with van der Waals surface area (Å²) in [4.78, 5) is 11.9. The molecule has 0 heterocycles. The highest BCUT2D eigenvalue weighted by Crippen LogP contribution is 2.44. The molecule has 0 atom stereocenters. The van der Waals surface area contributed by atoms with E-state index >= 15 is 0 Å². The van der Waals surface area contributed by atoms with E-state index in [0.717, 1.165) is 17.6 Å². The number of nitrogens with one attached hydrogen (secondary N) is 2. The van der Waals surface area contributed by atoms with Gasteiger partial charge < -0.3 is 15.4 Å². The lowest BCUT2D eigenvalue weighted by Crippen LogP contribution is -2.45. The van der Waals surface area contributed by atoms with E-state index < -0.39 is 0 Å². The SMILES string of the molecule is O=C(NCCOc1ccccc1)NC(C1CC1)C1CC1. The van der Waals surface area contributed by atoms with Crippen molar-refractivity contribution in [3.63, 3.8) is 0 Å². The third-order valence-corrected chi connectivity index (χ3v) is 3.96. The molecule has 0 saturated heterocycles. The van der Waals surface area contributed by atoms with E-state index in [2.05, 4.69) is 10.6 Å². The van der Waals surface area contributed by atoms with Crippen molar-refractivity contribution in [1.29, 1.82) is 0 Å². The Kier molecular flexibility index (Phi) is 4.09. The number of amides is 2. The fourth-order valence-electron chi connectivity index (χ4n) is 2.58. The van der Waals surface area contributed by atoms with Gasteiger partial charge in [0, 0.05) is 6.04 Å². The Morgan fingerprint density at radius 3 is 2.40 bits per heavy atom. The van der Waals surface area contributed by atoms with Crippen LogP contribution in [0.5, 0.6) is 5.75 Å². The van der Waals surface area contributed by atoms with Gasteiger partial charge in [-0.25, -0.2) is 4.79 Å². The Labute approximate surface area is 119 Å². The van der Waals surface area contributed by atoms with Crippen LogP contribution in [0.15, 0.2) is 30.3 Å². The first-order valence-electron chi connectivity index (χ1n) is 7.55. The van der Waals surface area contributed by atoms with Crippen molar-refractivity contribution >= 4 is 6.03 Å². The van der Waals surface area contributed by atoms with E-state index in [-0.39, 0.29) is 6.03 Å². The summed E-state index contributed by atoms with van der Waals surface area (Å²) in [6.45, 7) is 1.03. The van der Waals surface area contributed by atoms with Gasteiger partial charge in [0.15, 0.2) is 0 Å². The number of hydrogen-bond acceptors (Lipinski definition) is 2. The minimum atomic E-state index is -0.0505. The number of carbonyl (C=O) groups is 1. The molecule has 0 aromatic heterocycles. The summed E-state index contributed by atoms with van der Waals surface area (Å²) in [7, 11) is 0. The van der Waals surface area contributed by atoms with Gasteiger partial charge in [0.1, 0.15) is 12.4 Å². The van der Waals surface area contributed by atoms with Crippen LogP contribution in [0.3, 0.4) is 0 Å². The van der Waals surface area contributed by atoms with Crippen LogP contribution in [0.25, 0.3) is 0 Å². The molecule has 2 saturated carbocycles. The predicted molar refractivity (Wildman–Crippen MR) is 77.7 cm³/mol. The first-order valence-corrected chi connectivity index (χ1v) is 7.55. The third kappa shape index (κ3) is 3.89. The number of urea groups is 1. The van der Waals surface area contributed by atoms with Gasteiger partial charge in [-0.3, -0.25) is 0 Å². The van der Waals surface area contributed by atoms with E-state index in [1.165, 1.54) is 25.7 Å². The van der Waals surface area contributed by atoms with Crippen LogP contribution in [0.1, 0.15) is 25.7 Å². The summed E-state index contributed by atoms with van der Waals surface area (Å²) in [5, 5.41) is 6.01. The van der Waals surface area contributed by atoms with Gasteiger partial charge in [0.05, 0.1) is 6.54 Å². The molecule has 2 aliphatic carbocycles. The monoisotopic (exact) mass is 274 g/mol. The van der Waals surface area contributed by atoms with Gasteiger partial charge in [0.2, 0.25) is 0 Å². The molecule has 4 heteroatoms. The molecule has 2 amide bonds. The summed E-state index contributed by atoms with van der Waals surface area (Å²) in [5.74, 6) is 2.30. The lowest BCUT2D eigenvalue weighted by Gasteiger charge is -2.18. The molecule has 1 aromatic rings. The molecular formula is C16H22N2O2. The molecule has 0 spiro atoms. The third-order valence-electron chi connectivity index (χ3n) is 3.96. The minimum absolute atomic E-state index is 0.0505. The summed E-state index contributed by atoms with van der Waals surface area (Å²) >= 11 is 0. The van der Waals surface area contributed by atoms with E-state index in [1.807, 2.05) is 30.3 Å². The van der Waals surface area contributed by atoms with Crippen molar-refractivity contribution in [3.8, 4) is 5.75 Å². The number of para-hydroxylation sites is 1. The maximum atomic E-state index is 11.9. The standard InChI is InChI=1S/C16H22N2O2/c19-16(18-15(12-6-7-12)13-8-9-13)17-10-11-20-14-4-2-1-3-5-14/h1-5,12-13,15H,6-11H2,(H2,17,18,19). The Morgan fingerprint density at radius 2 is 1.80 bits per heavy atom. The molecule has 0 unspecified atom stereocenters. The van der Waals surface area contributed by atoms with Gasteiger partial charge in [0.25, 0.3) is 0 Å². The van der Waals surface area contributed by atoms with E-state index in [1.54, 1.807) is 0 Å². The Bertz CT molecular complexity index is 429. The zero-order chi connectivity index (χ0) is 13.8. The highest BCUT2D eigenvalue weighted by molar-refractivity contribution is 5.74. The lowest BCUT2D eigenvalue weighted by molar-refractivity contribution is 0.229. The molecule has 0 bridgehead atoms.